The van der Waals surface area contributed by atoms with Crippen LogP contribution >= 0.6 is 0 Å². The number of carbonyl (C=O) groups excluding carboxylic acids is 1. The van der Waals surface area contributed by atoms with E-state index >= 15 is 0 Å². The van der Waals surface area contributed by atoms with E-state index < -0.39 is 0 Å². The second kappa shape index (κ2) is 11.0. The lowest BCUT2D eigenvalue weighted by molar-refractivity contribution is -0.111. The Balaban J connectivity index is 1.70. The molecule has 0 bridgehead atoms. The van der Waals surface area contributed by atoms with Crippen molar-refractivity contribution in [1.82, 2.24) is 0 Å². The fraction of sp³-hybridized carbons (Fsp3) is 0.222. The van der Waals surface area contributed by atoms with Crippen LogP contribution in [-0.4, -0.2) is 12.5 Å². The molecule has 1 N–H and O–H groups in total. The van der Waals surface area contributed by atoms with Crippen LogP contribution in [0.5, 0.6) is 11.5 Å². The second-order valence-corrected chi connectivity index (χ2v) is 7.20. The number of para-hydroxylation sites is 1. The van der Waals surface area contributed by atoms with Crippen molar-refractivity contribution in [3.8, 4) is 11.5 Å². The Kier molecular flexibility index (Phi) is 7.88. The van der Waals surface area contributed by atoms with Gasteiger partial charge in [0.25, 0.3) is 0 Å². The van der Waals surface area contributed by atoms with E-state index in [-0.39, 0.29) is 5.91 Å². The summed E-state index contributed by atoms with van der Waals surface area (Å²) in [6, 6.07) is 21.7. The molecule has 0 spiro atoms. The largest absolute Gasteiger partial charge is 0.490 e. The molecule has 0 fully saturated rings. The standard InChI is InChI=1S/C27H29NO3/c1-4-23-13-9-10-20(3)27(23)28-26(29)17-15-21-14-16-24(25(18-21)30-5-2)31-19-22-11-7-6-8-12-22/h6-18H,4-5,19H2,1-3H3,(H,28,29)/b17-15+. The van der Waals surface area contributed by atoms with E-state index in [1.54, 1.807) is 12.2 Å². The average Bonchev–Trinajstić information content (AvgIpc) is 2.79. The lowest BCUT2D eigenvalue weighted by atomic mass is 10.1. The first-order valence-electron chi connectivity index (χ1n) is 10.6. The molecule has 0 saturated heterocycles. The fourth-order valence-corrected chi connectivity index (χ4v) is 3.29. The van der Waals surface area contributed by atoms with Gasteiger partial charge in [-0.1, -0.05) is 61.5 Å². The minimum absolute atomic E-state index is 0.161. The van der Waals surface area contributed by atoms with Crippen LogP contribution in [0.15, 0.2) is 72.8 Å². The average molecular weight is 416 g/mol. The van der Waals surface area contributed by atoms with E-state index in [4.69, 9.17) is 9.47 Å². The minimum Gasteiger partial charge on any atom is -0.490 e. The van der Waals surface area contributed by atoms with Crippen molar-refractivity contribution < 1.29 is 14.3 Å². The zero-order valence-corrected chi connectivity index (χ0v) is 18.4. The number of carbonyl (C=O) groups is 1. The summed E-state index contributed by atoms with van der Waals surface area (Å²) in [5.74, 6) is 1.18. The Morgan fingerprint density at radius 1 is 0.935 bits per heavy atom. The molecule has 31 heavy (non-hydrogen) atoms. The third-order valence-electron chi connectivity index (χ3n) is 4.92. The van der Waals surface area contributed by atoms with Crippen molar-refractivity contribution in [3.05, 3.63) is 95.1 Å². The van der Waals surface area contributed by atoms with Gasteiger partial charge in [-0.25, -0.2) is 0 Å². The summed E-state index contributed by atoms with van der Waals surface area (Å²) in [5, 5.41) is 3.01. The molecule has 1 amide bonds. The van der Waals surface area contributed by atoms with Gasteiger partial charge in [0.2, 0.25) is 5.91 Å². The van der Waals surface area contributed by atoms with E-state index in [1.807, 2.05) is 80.6 Å². The number of nitrogens with one attached hydrogen (secondary N) is 1. The van der Waals surface area contributed by atoms with Gasteiger partial charge in [0.15, 0.2) is 11.5 Å². The molecule has 160 valence electrons. The molecule has 4 heteroatoms. The van der Waals surface area contributed by atoms with Gasteiger partial charge in [-0.2, -0.15) is 0 Å². The highest BCUT2D eigenvalue weighted by Crippen LogP contribution is 2.30. The Morgan fingerprint density at radius 3 is 2.48 bits per heavy atom. The molecule has 0 unspecified atom stereocenters. The summed E-state index contributed by atoms with van der Waals surface area (Å²) in [6.07, 6.45) is 4.19. The van der Waals surface area contributed by atoms with Crippen LogP contribution in [-0.2, 0) is 17.8 Å². The number of amides is 1. The molecule has 0 aliphatic rings. The van der Waals surface area contributed by atoms with Crippen LogP contribution in [0.3, 0.4) is 0 Å². The molecular weight excluding hydrogens is 386 g/mol. The summed E-state index contributed by atoms with van der Waals surface area (Å²) >= 11 is 0. The Morgan fingerprint density at radius 2 is 1.74 bits per heavy atom. The highest BCUT2D eigenvalue weighted by atomic mass is 16.5. The first kappa shape index (κ1) is 22.2. The lowest BCUT2D eigenvalue weighted by Crippen LogP contribution is -2.11. The van der Waals surface area contributed by atoms with Crippen molar-refractivity contribution in [3.63, 3.8) is 0 Å². The molecule has 0 saturated carbocycles. The maximum Gasteiger partial charge on any atom is 0.248 e. The molecule has 0 atom stereocenters. The molecule has 0 heterocycles. The van der Waals surface area contributed by atoms with Gasteiger partial charge in [0.05, 0.1) is 6.61 Å². The lowest BCUT2D eigenvalue weighted by Gasteiger charge is -2.13. The molecular formula is C27H29NO3. The van der Waals surface area contributed by atoms with Gasteiger partial charge in [-0.3, -0.25) is 4.79 Å². The van der Waals surface area contributed by atoms with E-state index in [2.05, 4.69) is 12.2 Å². The van der Waals surface area contributed by atoms with E-state index in [0.29, 0.717) is 24.7 Å². The predicted molar refractivity (Wildman–Crippen MR) is 127 cm³/mol. The van der Waals surface area contributed by atoms with Crippen LogP contribution in [0, 0.1) is 6.92 Å². The van der Waals surface area contributed by atoms with Gasteiger partial charge in [-0.05, 0) is 60.7 Å². The second-order valence-electron chi connectivity index (χ2n) is 7.20. The van der Waals surface area contributed by atoms with E-state index in [1.165, 1.54) is 0 Å². The third-order valence-corrected chi connectivity index (χ3v) is 4.92. The van der Waals surface area contributed by atoms with Crippen LogP contribution in [0.2, 0.25) is 0 Å². The zero-order valence-electron chi connectivity index (χ0n) is 18.4. The van der Waals surface area contributed by atoms with Crippen LogP contribution in [0.1, 0.15) is 36.1 Å². The Hall–Kier alpha value is -3.53. The normalized spacial score (nSPS) is 10.8. The first-order valence-corrected chi connectivity index (χ1v) is 10.6. The maximum absolute atomic E-state index is 12.5. The highest BCUT2D eigenvalue weighted by molar-refractivity contribution is 6.02. The topological polar surface area (TPSA) is 47.6 Å². The molecule has 0 aromatic heterocycles. The van der Waals surface area contributed by atoms with Gasteiger partial charge >= 0.3 is 0 Å². The van der Waals surface area contributed by atoms with Gasteiger partial charge in [0.1, 0.15) is 6.61 Å². The van der Waals surface area contributed by atoms with Gasteiger partial charge in [-0.15, -0.1) is 0 Å². The van der Waals surface area contributed by atoms with E-state index in [0.717, 1.165) is 34.4 Å². The summed E-state index contributed by atoms with van der Waals surface area (Å²) < 4.78 is 11.7. The van der Waals surface area contributed by atoms with Gasteiger partial charge < -0.3 is 14.8 Å². The van der Waals surface area contributed by atoms with Crippen molar-refractivity contribution in [1.29, 1.82) is 0 Å². The molecule has 0 aliphatic carbocycles. The summed E-state index contributed by atoms with van der Waals surface area (Å²) in [6.45, 7) is 7.01. The van der Waals surface area contributed by atoms with Crippen LogP contribution in [0.25, 0.3) is 6.08 Å². The van der Waals surface area contributed by atoms with Crippen molar-refractivity contribution in [2.75, 3.05) is 11.9 Å². The third kappa shape index (κ3) is 6.22. The number of hydrogen-bond acceptors (Lipinski definition) is 3. The molecule has 0 radical (unpaired) electrons. The predicted octanol–water partition coefficient (Wildman–Crippen LogP) is 6.19. The summed E-state index contributed by atoms with van der Waals surface area (Å²) in [5.41, 5.74) is 5.03. The zero-order chi connectivity index (χ0) is 22.1. The minimum atomic E-state index is -0.161. The van der Waals surface area contributed by atoms with Crippen molar-refractivity contribution >= 4 is 17.7 Å². The fourth-order valence-electron chi connectivity index (χ4n) is 3.29. The first-order chi connectivity index (χ1) is 15.1. The smallest absolute Gasteiger partial charge is 0.248 e. The molecule has 3 rings (SSSR count). The quantitative estimate of drug-likeness (QED) is 0.424. The monoisotopic (exact) mass is 415 g/mol. The molecule has 0 aliphatic heterocycles. The Labute approximate surface area is 184 Å². The number of benzene rings is 3. The molecule has 3 aromatic rings. The van der Waals surface area contributed by atoms with Crippen LogP contribution < -0.4 is 14.8 Å². The number of aryl methyl sites for hydroxylation is 2. The summed E-state index contributed by atoms with van der Waals surface area (Å²) in [7, 11) is 0. The van der Waals surface area contributed by atoms with Crippen molar-refractivity contribution in [2.45, 2.75) is 33.8 Å². The number of anilines is 1. The number of hydrogen-bond donors (Lipinski definition) is 1. The van der Waals surface area contributed by atoms with Crippen molar-refractivity contribution in [2.24, 2.45) is 0 Å². The highest BCUT2D eigenvalue weighted by Gasteiger charge is 2.08. The summed E-state index contributed by atoms with van der Waals surface area (Å²) in [4.78, 5) is 12.5. The number of ether oxygens (including phenoxy) is 2. The number of rotatable bonds is 9. The molecule has 3 aromatic carbocycles. The van der Waals surface area contributed by atoms with Crippen LogP contribution in [0.4, 0.5) is 5.69 Å². The Bertz CT molecular complexity index is 1040. The van der Waals surface area contributed by atoms with Gasteiger partial charge in [0, 0.05) is 11.8 Å². The molecule has 4 nitrogen and oxygen atoms in total. The SMILES string of the molecule is CCOc1cc(/C=C/C(=O)Nc2c(C)cccc2CC)ccc1OCc1ccccc1. The van der Waals surface area contributed by atoms with E-state index in [9.17, 15) is 4.79 Å². The maximum atomic E-state index is 12.5.